The molecule has 8 nitrogen and oxygen atoms in total. The zero-order chi connectivity index (χ0) is 18.3. The van der Waals surface area contributed by atoms with Crippen LogP contribution in [-0.2, 0) is 4.79 Å². The SMILES string of the molecule is Nc1nc(Cl)nc2c1ncn2C1CCC(C(=O)Nc2ncc(Cl)s2)CC1. The third-order valence-electron chi connectivity index (χ3n) is 4.59. The Morgan fingerprint density at radius 2 is 2.00 bits per heavy atom. The van der Waals surface area contributed by atoms with Crippen LogP contribution < -0.4 is 11.1 Å². The van der Waals surface area contributed by atoms with Crippen molar-refractivity contribution in [3.05, 3.63) is 22.1 Å². The van der Waals surface area contributed by atoms with E-state index in [2.05, 4.69) is 25.3 Å². The molecule has 11 heteroatoms. The van der Waals surface area contributed by atoms with Gasteiger partial charge in [0.1, 0.15) is 9.85 Å². The molecule has 136 valence electrons. The van der Waals surface area contributed by atoms with Gasteiger partial charge in [0.05, 0.1) is 12.5 Å². The fourth-order valence-corrected chi connectivity index (χ4v) is 4.30. The van der Waals surface area contributed by atoms with Gasteiger partial charge in [0.25, 0.3) is 0 Å². The number of nitrogens with two attached hydrogens (primary N) is 1. The van der Waals surface area contributed by atoms with Crippen LogP contribution in [0.15, 0.2) is 12.5 Å². The average Bonchev–Trinajstić information content (AvgIpc) is 3.21. The minimum absolute atomic E-state index is 0.0143. The van der Waals surface area contributed by atoms with Crippen LogP contribution >= 0.6 is 34.5 Å². The molecule has 1 amide bonds. The van der Waals surface area contributed by atoms with Crippen LogP contribution in [0.3, 0.4) is 0 Å². The topological polar surface area (TPSA) is 112 Å². The Morgan fingerprint density at radius 3 is 2.69 bits per heavy atom. The summed E-state index contributed by atoms with van der Waals surface area (Å²) in [4.78, 5) is 29.0. The number of carbonyl (C=O) groups is 1. The molecule has 26 heavy (non-hydrogen) atoms. The molecule has 3 aromatic heterocycles. The highest BCUT2D eigenvalue weighted by atomic mass is 35.5. The van der Waals surface area contributed by atoms with Crippen molar-refractivity contribution >= 4 is 62.6 Å². The molecule has 1 saturated carbocycles. The quantitative estimate of drug-likeness (QED) is 0.637. The van der Waals surface area contributed by atoms with E-state index >= 15 is 0 Å². The summed E-state index contributed by atoms with van der Waals surface area (Å²) in [7, 11) is 0. The molecule has 3 aromatic rings. The van der Waals surface area contributed by atoms with Crippen LogP contribution in [-0.4, -0.2) is 30.4 Å². The molecule has 1 aliphatic rings. The molecule has 3 heterocycles. The number of rotatable bonds is 3. The van der Waals surface area contributed by atoms with Crippen molar-refractivity contribution in [2.45, 2.75) is 31.7 Å². The van der Waals surface area contributed by atoms with E-state index in [1.54, 1.807) is 6.33 Å². The van der Waals surface area contributed by atoms with Crippen molar-refractivity contribution in [3.8, 4) is 0 Å². The van der Waals surface area contributed by atoms with Crippen molar-refractivity contribution in [2.24, 2.45) is 5.92 Å². The third kappa shape index (κ3) is 3.34. The number of carbonyl (C=O) groups excluding carboxylic acids is 1. The van der Waals surface area contributed by atoms with Gasteiger partial charge in [-0.15, -0.1) is 0 Å². The van der Waals surface area contributed by atoms with Gasteiger partial charge in [-0.25, -0.2) is 9.97 Å². The average molecular weight is 412 g/mol. The Morgan fingerprint density at radius 1 is 1.23 bits per heavy atom. The lowest BCUT2D eigenvalue weighted by Gasteiger charge is -2.28. The van der Waals surface area contributed by atoms with Crippen molar-refractivity contribution in [2.75, 3.05) is 11.1 Å². The summed E-state index contributed by atoms with van der Waals surface area (Å²) in [6, 6.07) is 0.198. The van der Waals surface area contributed by atoms with Gasteiger partial charge in [-0.1, -0.05) is 22.9 Å². The van der Waals surface area contributed by atoms with Gasteiger partial charge >= 0.3 is 0 Å². The molecule has 0 spiro atoms. The molecule has 4 rings (SSSR count). The van der Waals surface area contributed by atoms with Crippen molar-refractivity contribution in [3.63, 3.8) is 0 Å². The van der Waals surface area contributed by atoms with Crippen LogP contribution in [0.4, 0.5) is 10.9 Å². The van der Waals surface area contributed by atoms with Gasteiger partial charge < -0.3 is 15.6 Å². The number of nitrogen functional groups attached to an aromatic ring is 1. The molecule has 1 fully saturated rings. The van der Waals surface area contributed by atoms with E-state index in [1.807, 2.05) is 4.57 Å². The molecule has 1 aliphatic carbocycles. The first-order valence-corrected chi connectivity index (χ1v) is 9.66. The van der Waals surface area contributed by atoms with E-state index in [1.165, 1.54) is 17.5 Å². The summed E-state index contributed by atoms with van der Waals surface area (Å²) in [5, 5.41) is 3.47. The first-order chi connectivity index (χ1) is 12.5. The van der Waals surface area contributed by atoms with E-state index in [0.29, 0.717) is 20.6 Å². The second-order valence-corrected chi connectivity index (χ2v) is 8.17. The monoisotopic (exact) mass is 411 g/mol. The lowest BCUT2D eigenvalue weighted by Crippen LogP contribution is -2.28. The molecule has 0 atom stereocenters. The van der Waals surface area contributed by atoms with Crippen LogP contribution in [0.25, 0.3) is 11.2 Å². The maximum absolute atomic E-state index is 12.4. The van der Waals surface area contributed by atoms with Crippen molar-refractivity contribution < 1.29 is 4.79 Å². The zero-order valence-electron chi connectivity index (χ0n) is 13.5. The fourth-order valence-electron chi connectivity index (χ4n) is 3.31. The van der Waals surface area contributed by atoms with Crippen LogP contribution in [0.1, 0.15) is 31.7 Å². The number of thiazole rings is 1. The summed E-state index contributed by atoms with van der Waals surface area (Å²) in [5.41, 5.74) is 7.04. The Labute approximate surface area is 162 Å². The number of fused-ring (bicyclic) bond motifs is 1. The number of anilines is 2. The third-order valence-corrected chi connectivity index (χ3v) is 5.79. The van der Waals surface area contributed by atoms with E-state index in [4.69, 9.17) is 28.9 Å². The number of aromatic nitrogens is 5. The highest BCUT2D eigenvalue weighted by molar-refractivity contribution is 7.19. The first-order valence-electron chi connectivity index (χ1n) is 8.09. The number of halogens is 2. The number of hydrogen-bond donors (Lipinski definition) is 2. The van der Waals surface area contributed by atoms with Gasteiger partial charge in [0.2, 0.25) is 11.2 Å². The predicted molar refractivity (Wildman–Crippen MR) is 101 cm³/mol. The number of nitrogens with zero attached hydrogens (tertiary/aromatic N) is 5. The highest BCUT2D eigenvalue weighted by Crippen LogP contribution is 2.35. The van der Waals surface area contributed by atoms with E-state index < -0.39 is 0 Å². The van der Waals surface area contributed by atoms with Gasteiger partial charge in [-0.05, 0) is 37.3 Å². The Kier molecular flexibility index (Phi) is 4.68. The van der Waals surface area contributed by atoms with E-state index in [-0.39, 0.29) is 29.0 Å². The summed E-state index contributed by atoms with van der Waals surface area (Å²) in [6.07, 6.45) is 6.46. The molecule has 0 radical (unpaired) electrons. The number of hydrogen-bond acceptors (Lipinski definition) is 7. The maximum atomic E-state index is 12.4. The Hall–Kier alpha value is -1.97. The van der Waals surface area contributed by atoms with Gasteiger partial charge in [-0.3, -0.25) is 4.79 Å². The van der Waals surface area contributed by atoms with E-state index in [9.17, 15) is 4.79 Å². The zero-order valence-corrected chi connectivity index (χ0v) is 15.9. The standard InChI is InChI=1S/C15H15Cl2N7OS/c16-9-5-19-15(26-9)23-13(25)7-1-3-8(4-2-7)24-6-20-10-11(18)21-14(17)22-12(10)24/h5-8H,1-4H2,(H2,18,21,22)(H,19,23,25). The lowest BCUT2D eigenvalue weighted by molar-refractivity contribution is -0.120. The van der Waals surface area contributed by atoms with Crippen molar-refractivity contribution in [1.82, 2.24) is 24.5 Å². The molecular weight excluding hydrogens is 397 g/mol. The molecular formula is C15H15Cl2N7OS. The van der Waals surface area contributed by atoms with Crippen LogP contribution in [0.5, 0.6) is 0 Å². The summed E-state index contributed by atoms with van der Waals surface area (Å²) in [6.45, 7) is 0. The molecule has 3 N–H and O–H groups in total. The Bertz CT molecular complexity index is 964. The normalized spacial score (nSPS) is 20.4. The smallest absolute Gasteiger partial charge is 0.229 e. The van der Waals surface area contributed by atoms with E-state index in [0.717, 1.165) is 25.7 Å². The molecule has 0 saturated heterocycles. The van der Waals surface area contributed by atoms with Crippen molar-refractivity contribution in [1.29, 1.82) is 0 Å². The molecule has 0 bridgehead atoms. The fraction of sp³-hybridized carbons (Fsp3) is 0.400. The molecule has 0 aromatic carbocycles. The van der Waals surface area contributed by atoms with Gasteiger partial charge in [0, 0.05) is 12.0 Å². The minimum atomic E-state index is -0.0491. The summed E-state index contributed by atoms with van der Waals surface area (Å²) in [5.74, 6) is 0.209. The van der Waals surface area contributed by atoms with Crippen LogP contribution in [0, 0.1) is 5.92 Å². The largest absolute Gasteiger partial charge is 0.382 e. The van der Waals surface area contributed by atoms with Gasteiger partial charge in [0.15, 0.2) is 16.6 Å². The van der Waals surface area contributed by atoms with Gasteiger partial charge in [-0.2, -0.15) is 9.97 Å². The molecule has 0 unspecified atom stereocenters. The second-order valence-electron chi connectivity index (χ2n) is 6.17. The number of amides is 1. The minimum Gasteiger partial charge on any atom is -0.382 e. The number of imidazole rings is 1. The van der Waals surface area contributed by atoms with Crippen LogP contribution in [0.2, 0.25) is 9.62 Å². The second kappa shape index (κ2) is 6.98. The lowest BCUT2D eigenvalue weighted by atomic mass is 9.85. The predicted octanol–water partition coefficient (Wildman–Crippen LogP) is 3.54. The number of nitrogens with one attached hydrogen (secondary N) is 1. The Balaban J connectivity index is 1.44. The molecule has 0 aliphatic heterocycles. The maximum Gasteiger partial charge on any atom is 0.229 e. The summed E-state index contributed by atoms with van der Waals surface area (Å²) < 4.78 is 2.53. The summed E-state index contributed by atoms with van der Waals surface area (Å²) >= 11 is 13.0. The highest BCUT2D eigenvalue weighted by Gasteiger charge is 2.29. The first kappa shape index (κ1) is 17.4.